The van der Waals surface area contributed by atoms with E-state index in [9.17, 15) is 4.79 Å². The molecule has 6 nitrogen and oxygen atoms in total. The van der Waals surface area contributed by atoms with E-state index in [1.165, 1.54) is 57.8 Å². The summed E-state index contributed by atoms with van der Waals surface area (Å²) in [6.07, 6.45) is 11.5. The number of rotatable bonds is 4. The summed E-state index contributed by atoms with van der Waals surface area (Å²) in [7, 11) is 3.88. The molecule has 2 aromatic heterocycles. The molecule has 0 atom stereocenters. The van der Waals surface area contributed by atoms with E-state index in [0.29, 0.717) is 17.4 Å². The Labute approximate surface area is 148 Å². The molecule has 2 fully saturated rings. The van der Waals surface area contributed by atoms with E-state index in [2.05, 4.69) is 22.1 Å². The smallest absolute Gasteiger partial charge is 0.283 e. The molecular weight excluding hydrogens is 314 g/mol. The maximum atomic E-state index is 12.8. The van der Waals surface area contributed by atoms with E-state index in [1.807, 2.05) is 7.05 Å². The lowest BCUT2D eigenvalue weighted by Crippen LogP contribution is -2.33. The Kier molecular flexibility index (Phi) is 4.52. The van der Waals surface area contributed by atoms with Crippen LogP contribution in [-0.4, -0.2) is 33.3 Å². The van der Waals surface area contributed by atoms with Crippen molar-refractivity contribution in [3.8, 4) is 0 Å². The van der Waals surface area contributed by atoms with Gasteiger partial charge in [0.15, 0.2) is 5.52 Å². The summed E-state index contributed by atoms with van der Waals surface area (Å²) in [4.78, 5) is 19.9. The van der Waals surface area contributed by atoms with Gasteiger partial charge in [0.1, 0.15) is 5.52 Å². The molecule has 2 heterocycles. The minimum absolute atomic E-state index is 0.0454. The van der Waals surface area contributed by atoms with E-state index < -0.39 is 0 Å². The number of H-pyrrole nitrogens is 1. The van der Waals surface area contributed by atoms with Crippen molar-refractivity contribution in [2.45, 2.75) is 63.7 Å². The first-order valence-electron chi connectivity index (χ1n) is 9.81. The number of hydrogen-bond acceptors (Lipinski definition) is 4. The van der Waals surface area contributed by atoms with Crippen LogP contribution in [0.4, 0.5) is 5.95 Å². The minimum atomic E-state index is -0.0454. The van der Waals surface area contributed by atoms with E-state index >= 15 is 0 Å². The van der Waals surface area contributed by atoms with Gasteiger partial charge in [-0.1, -0.05) is 32.1 Å². The van der Waals surface area contributed by atoms with Crippen molar-refractivity contribution in [1.29, 1.82) is 0 Å². The zero-order valence-corrected chi connectivity index (χ0v) is 15.4. The van der Waals surface area contributed by atoms with Crippen molar-refractivity contribution in [2.24, 2.45) is 13.0 Å². The Morgan fingerprint density at radius 2 is 1.76 bits per heavy atom. The molecule has 0 spiro atoms. The maximum Gasteiger partial charge on any atom is 0.283 e. The van der Waals surface area contributed by atoms with Crippen LogP contribution in [0, 0.1) is 5.92 Å². The molecule has 0 radical (unpaired) electrons. The molecule has 0 amide bonds. The van der Waals surface area contributed by atoms with Gasteiger partial charge in [-0.05, 0) is 31.6 Å². The largest absolute Gasteiger partial charge is 0.345 e. The van der Waals surface area contributed by atoms with Gasteiger partial charge in [0.25, 0.3) is 5.56 Å². The van der Waals surface area contributed by atoms with Crippen LogP contribution < -0.4 is 10.5 Å². The molecule has 25 heavy (non-hydrogen) atoms. The number of aromatic amines is 1. The Morgan fingerprint density at radius 1 is 1.08 bits per heavy atom. The second-order valence-electron chi connectivity index (χ2n) is 7.98. The van der Waals surface area contributed by atoms with Crippen LogP contribution in [0.25, 0.3) is 11.0 Å². The molecule has 0 bridgehead atoms. The highest BCUT2D eigenvalue weighted by Crippen LogP contribution is 2.35. The number of anilines is 1. The molecule has 0 saturated heterocycles. The van der Waals surface area contributed by atoms with Crippen molar-refractivity contribution >= 4 is 17.0 Å². The van der Waals surface area contributed by atoms with E-state index in [0.717, 1.165) is 23.7 Å². The number of fused-ring (bicyclic) bond motifs is 1. The monoisotopic (exact) mass is 343 g/mol. The molecule has 6 heteroatoms. The summed E-state index contributed by atoms with van der Waals surface area (Å²) in [5.74, 6) is 1.95. The summed E-state index contributed by atoms with van der Waals surface area (Å²) in [5, 5.41) is 7.43. The third-order valence-corrected chi connectivity index (χ3v) is 6.15. The molecule has 0 aliphatic heterocycles. The molecular formula is C19H29N5O. The normalized spacial score (nSPS) is 19.8. The lowest BCUT2D eigenvalue weighted by molar-refractivity contribution is 0.360. The Balaban J connectivity index is 1.68. The standard InChI is InChI=1S/C19H29N5O/c1-23(12-13-8-4-3-5-9-13)19-20-16-15(14-10-6-7-11-14)21-22-17(16)18(25)24(19)2/h13-14H,3-12H2,1-2H3,(H,21,22). The highest BCUT2D eigenvalue weighted by atomic mass is 16.1. The van der Waals surface area contributed by atoms with Crippen molar-refractivity contribution in [3.63, 3.8) is 0 Å². The summed E-state index contributed by atoms with van der Waals surface area (Å²) >= 11 is 0. The first-order chi connectivity index (χ1) is 12.1. The predicted octanol–water partition coefficient (Wildman–Crippen LogP) is 3.33. The van der Waals surface area contributed by atoms with Crippen LogP contribution in [-0.2, 0) is 7.05 Å². The Morgan fingerprint density at radius 3 is 2.48 bits per heavy atom. The molecule has 0 unspecified atom stereocenters. The SMILES string of the molecule is CN(CC1CCCCC1)c1nc2c(C3CCCC3)[nH]nc2c(=O)n1C. The van der Waals surface area contributed by atoms with E-state index in [1.54, 1.807) is 4.57 Å². The molecule has 2 aliphatic rings. The van der Waals surface area contributed by atoms with Crippen LogP contribution in [0.3, 0.4) is 0 Å². The zero-order chi connectivity index (χ0) is 17.4. The van der Waals surface area contributed by atoms with Crippen LogP contribution in [0.5, 0.6) is 0 Å². The minimum Gasteiger partial charge on any atom is -0.345 e. The number of aromatic nitrogens is 4. The molecule has 2 aliphatic carbocycles. The molecule has 0 aromatic carbocycles. The first kappa shape index (κ1) is 16.6. The third kappa shape index (κ3) is 3.07. The molecule has 2 aromatic rings. The summed E-state index contributed by atoms with van der Waals surface area (Å²) in [5.41, 5.74) is 2.30. The van der Waals surface area contributed by atoms with Crippen molar-refractivity contribution in [3.05, 3.63) is 16.0 Å². The molecule has 1 N–H and O–H groups in total. The van der Waals surface area contributed by atoms with Crippen molar-refractivity contribution in [2.75, 3.05) is 18.5 Å². The Bertz CT molecular complexity index is 796. The lowest BCUT2D eigenvalue weighted by atomic mass is 9.89. The second-order valence-corrected chi connectivity index (χ2v) is 7.98. The first-order valence-corrected chi connectivity index (χ1v) is 9.81. The van der Waals surface area contributed by atoms with Crippen LogP contribution in [0.15, 0.2) is 4.79 Å². The van der Waals surface area contributed by atoms with Gasteiger partial charge in [0.05, 0.1) is 5.69 Å². The number of hydrogen-bond donors (Lipinski definition) is 1. The molecule has 2 saturated carbocycles. The van der Waals surface area contributed by atoms with E-state index in [4.69, 9.17) is 4.98 Å². The van der Waals surface area contributed by atoms with Crippen molar-refractivity contribution < 1.29 is 0 Å². The Hall–Kier alpha value is -1.85. The van der Waals surface area contributed by atoms with Gasteiger partial charge in [-0.3, -0.25) is 14.5 Å². The molecule has 4 rings (SSSR count). The fourth-order valence-corrected chi connectivity index (χ4v) is 4.72. The average Bonchev–Trinajstić information content (AvgIpc) is 3.28. The quantitative estimate of drug-likeness (QED) is 0.925. The van der Waals surface area contributed by atoms with Gasteiger partial charge >= 0.3 is 0 Å². The summed E-state index contributed by atoms with van der Waals surface area (Å²) < 4.78 is 1.66. The topological polar surface area (TPSA) is 66.8 Å². The third-order valence-electron chi connectivity index (χ3n) is 6.15. The molecule has 136 valence electrons. The van der Waals surface area contributed by atoms with Gasteiger partial charge in [-0.25, -0.2) is 4.98 Å². The van der Waals surface area contributed by atoms with Crippen LogP contribution in [0.2, 0.25) is 0 Å². The summed E-state index contributed by atoms with van der Waals surface area (Å²) in [6.45, 7) is 0.975. The lowest BCUT2D eigenvalue weighted by Gasteiger charge is -2.28. The van der Waals surface area contributed by atoms with Gasteiger partial charge in [-0.15, -0.1) is 0 Å². The van der Waals surface area contributed by atoms with Crippen LogP contribution in [0.1, 0.15) is 69.4 Å². The fourth-order valence-electron chi connectivity index (χ4n) is 4.72. The van der Waals surface area contributed by atoms with Gasteiger partial charge in [0, 0.05) is 26.6 Å². The fraction of sp³-hybridized carbons (Fsp3) is 0.737. The highest BCUT2D eigenvalue weighted by molar-refractivity contribution is 5.78. The highest BCUT2D eigenvalue weighted by Gasteiger charge is 2.25. The van der Waals surface area contributed by atoms with E-state index in [-0.39, 0.29) is 5.56 Å². The zero-order valence-electron chi connectivity index (χ0n) is 15.4. The predicted molar refractivity (Wildman–Crippen MR) is 100 cm³/mol. The maximum absolute atomic E-state index is 12.8. The van der Waals surface area contributed by atoms with Crippen molar-refractivity contribution in [1.82, 2.24) is 19.7 Å². The summed E-state index contributed by atoms with van der Waals surface area (Å²) in [6, 6.07) is 0. The van der Waals surface area contributed by atoms with Crippen LogP contribution >= 0.6 is 0 Å². The van der Waals surface area contributed by atoms with Gasteiger partial charge in [0.2, 0.25) is 5.95 Å². The number of nitrogens with zero attached hydrogens (tertiary/aromatic N) is 4. The van der Waals surface area contributed by atoms with Gasteiger partial charge < -0.3 is 4.90 Å². The number of nitrogens with one attached hydrogen (secondary N) is 1. The average molecular weight is 343 g/mol. The second kappa shape index (κ2) is 6.81. The van der Waals surface area contributed by atoms with Gasteiger partial charge in [-0.2, -0.15) is 5.10 Å².